The topological polar surface area (TPSA) is 41.6 Å². The Balaban J connectivity index is 2.23. The zero-order chi connectivity index (χ0) is 15.4. The van der Waals surface area contributed by atoms with E-state index in [1.54, 1.807) is 23.1 Å². The first-order chi connectivity index (χ1) is 10.1. The molecule has 2 atom stereocenters. The summed E-state index contributed by atoms with van der Waals surface area (Å²) in [6.45, 7) is 7.41. The number of amides is 1. The number of hydrogen-bond donors (Lipinski definition) is 1. The van der Waals surface area contributed by atoms with Gasteiger partial charge in [0, 0.05) is 18.7 Å². The van der Waals surface area contributed by atoms with Crippen molar-refractivity contribution >= 4 is 5.91 Å². The van der Waals surface area contributed by atoms with Crippen LogP contribution in [0.5, 0.6) is 0 Å². The predicted molar refractivity (Wildman–Crippen MR) is 79.1 cm³/mol. The van der Waals surface area contributed by atoms with Gasteiger partial charge in [-0.2, -0.15) is 0 Å². The van der Waals surface area contributed by atoms with Crippen molar-refractivity contribution < 1.29 is 13.9 Å². The molecule has 0 bridgehead atoms. The van der Waals surface area contributed by atoms with E-state index < -0.39 is 6.17 Å². The van der Waals surface area contributed by atoms with E-state index in [1.807, 2.05) is 20.8 Å². The van der Waals surface area contributed by atoms with Gasteiger partial charge in [0.1, 0.15) is 12.0 Å². The summed E-state index contributed by atoms with van der Waals surface area (Å²) in [5.74, 6) is -0.129. The number of ether oxygens (including phenoxy) is 1. The van der Waals surface area contributed by atoms with E-state index in [2.05, 4.69) is 5.32 Å². The first-order valence-electron chi connectivity index (χ1n) is 7.45. The fraction of sp³-hybridized carbons (Fsp3) is 0.562. The minimum atomic E-state index is -0.424. The highest BCUT2D eigenvalue weighted by Gasteiger charge is 2.41. The number of nitrogens with one attached hydrogen (secondary N) is 1. The summed E-state index contributed by atoms with van der Waals surface area (Å²) in [5.41, 5.74) is 0.505. The van der Waals surface area contributed by atoms with E-state index in [4.69, 9.17) is 4.74 Å². The smallest absolute Gasteiger partial charge is 0.241 e. The maximum absolute atomic E-state index is 14.0. The molecule has 1 aromatic rings. The van der Waals surface area contributed by atoms with Crippen LogP contribution in [0.3, 0.4) is 0 Å². The van der Waals surface area contributed by atoms with Gasteiger partial charge in [-0.05, 0) is 18.9 Å². The van der Waals surface area contributed by atoms with Gasteiger partial charge >= 0.3 is 0 Å². The molecule has 1 heterocycles. The number of rotatable bonds is 6. The lowest BCUT2D eigenvalue weighted by atomic mass is 10.1. The fourth-order valence-electron chi connectivity index (χ4n) is 2.62. The third-order valence-corrected chi connectivity index (χ3v) is 3.75. The Hall–Kier alpha value is -1.46. The molecule has 0 aliphatic carbocycles. The van der Waals surface area contributed by atoms with Crippen LogP contribution in [0.1, 0.15) is 32.5 Å². The number of nitrogens with zero attached hydrogens (tertiary/aromatic N) is 1. The summed E-state index contributed by atoms with van der Waals surface area (Å²) in [6, 6.07) is 6.30. The Kier molecular flexibility index (Phi) is 5.31. The monoisotopic (exact) mass is 294 g/mol. The van der Waals surface area contributed by atoms with Crippen LogP contribution < -0.4 is 5.32 Å². The maximum atomic E-state index is 14.0. The van der Waals surface area contributed by atoms with E-state index >= 15 is 0 Å². The van der Waals surface area contributed by atoms with Gasteiger partial charge < -0.3 is 9.64 Å². The molecular weight excluding hydrogens is 271 g/mol. The number of halogens is 1. The molecule has 1 aliphatic heterocycles. The van der Waals surface area contributed by atoms with Gasteiger partial charge in [-0.15, -0.1) is 0 Å². The van der Waals surface area contributed by atoms with E-state index in [-0.39, 0.29) is 23.7 Å². The summed E-state index contributed by atoms with van der Waals surface area (Å²) in [7, 11) is 0. The Morgan fingerprint density at radius 3 is 2.71 bits per heavy atom. The van der Waals surface area contributed by atoms with Crippen molar-refractivity contribution in [2.45, 2.75) is 33.0 Å². The molecule has 0 spiro atoms. The second-order valence-electron chi connectivity index (χ2n) is 5.54. The van der Waals surface area contributed by atoms with Gasteiger partial charge in [0.25, 0.3) is 0 Å². The Morgan fingerprint density at radius 1 is 1.38 bits per heavy atom. The highest BCUT2D eigenvalue weighted by molar-refractivity contribution is 5.84. The quantitative estimate of drug-likeness (QED) is 0.819. The molecule has 116 valence electrons. The lowest BCUT2D eigenvalue weighted by Gasteiger charge is -2.24. The summed E-state index contributed by atoms with van der Waals surface area (Å²) in [6.07, 6.45) is -0.424. The molecule has 5 heteroatoms. The molecule has 1 amide bonds. The lowest BCUT2D eigenvalue weighted by Crippen LogP contribution is -2.36. The van der Waals surface area contributed by atoms with Crippen molar-refractivity contribution in [3.63, 3.8) is 0 Å². The second-order valence-corrected chi connectivity index (χ2v) is 5.54. The van der Waals surface area contributed by atoms with E-state index in [1.165, 1.54) is 6.07 Å². The van der Waals surface area contributed by atoms with Crippen LogP contribution in [0.2, 0.25) is 0 Å². The summed E-state index contributed by atoms with van der Waals surface area (Å²) < 4.78 is 19.4. The summed E-state index contributed by atoms with van der Waals surface area (Å²) in [5, 5.41) is 3.26. The van der Waals surface area contributed by atoms with Crippen LogP contribution in [-0.4, -0.2) is 36.6 Å². The average molecular weight is 294 g/mol. The maximum Gasteiger partial charge on any atom is 0.241 e. The molecular formula is C16H23FN2O2. The van der Waals surface area contributed by atoms with Crippen molar-refractivity contribution in [3.8, 4) is 0 Å². The van der Waals surface area contributed by atoms with E-state index in [0.29, 0.717) is 25.3 Å². The number of benzene rings is 1. The van der Waals surface area contributed by atoms with Crippen LogP contribution in [0.15, 0.2) is 24.3 Å². The van der Waals surface area contributed by atoms with Gasteiger partial charge in [0.15, 0.2) is 0 Å². The normalized spacial score (nSPS) is 22.3. The van der Waals surface area contributed by atoms with Crippen molar-refractivity contribution in [2.24, 2.45) is 5.92 Å². The first kappa shape index (κ1) is 15.9. The molecule has 21 heavy (non-hydrogen) atoms. The molecule has 1 fully saturated rings. The van der Waals surface area contributed by atoms with Crippen molar-refractivity contribution in [1.82, 2.24) is 10.2 Å². The van der Waals surface area contributed by atoms with Gasteiger partial charge in [0.05, 0.1) is 12.6 Å². The van der Waals surface area contributed by atoms with Crippen molar-refractivity contribution in [2.75, 3.05) is 19.8 Å². The van der Waals surface area contributed by atoms with Crippen LogP contribution in [-0.2, 0) is 9.53 Å². The molecule has 1 saturated heterocycles. The molecule has 1 N–H and O–H groups in total. The molecule has 0 radical (unpaired) electrons. The van der Waals surface area contributed by atoms with Gasteiger partial charge in [0.2, 0.25) is 5.91 Å². The Labute approximate surface area is 125 Å². The zero-order valence-electron chi connectivity index (χ0n) is 12.8. The van der Waals surface area contributed by atoms with Gasteiger partial charge in [-0.25, -0.2) is 4.39 Å². The van der Waals surface area contributed by atoms with Crippen LogP contribution in [0.25, 0.3) is 0 Å². The molecule has 4 nitrogen and oxygen atoms in total. The number of hydrogen-bond acceptors (Lipinski definition) is 3. The largest absolute Gasteiger partial charge is 0.380 e. The van der Waals surface area contributed by atoms with E-state index in [9.17, 15) is 9.18 Å². The van der Waals surface area contributed by atoms with E-state index in [0.717, 1.165) is 0 Å². The number of carbonyl (C=O) groups is 1. The molecule has 1 aliphatic rings. The zero-order valence-corrected chi connectivity index (χ0v) is 12.8. The minimum absolute atomic E-state index is 0.0120. The molecule has 0 saturated carbocycles. The highest BCUT2D eigenvalue weighted by atomic mass is 19.1. The fourth-order valence-corrected chi connectivity index (χ4v) is 2.62. The first-order valence-corrected chi connectivity index (χ1v) is 7.45. The number of carbonyl (C=O) groups excluding carboxylic acids is 1. The third kappa shape index (κ3) is 3.41. The molecule has 0 aromatic heterocycles. The second kappa shape index (κ2) is 7.00. The highest BCUT2D eigenvalue weighted by Crippen LogP contribution is 2.29. The average Bonchev–Trinajstić information content (AvgIpc) is 2.77. The standard InChI is InChI=1S/C16H23FN2O2/c1-4-21-10-9-19-15(12-7-5-6-8-13(12)17)18-14(11(2)3)16(19)20/h5-8,11,14-15,18H,4,9-10H2,1-3H3. The molecule has 2 unspecified atom stereocenters. The van der Waals surface area contributed by atoms with Crippen LogP contribution in [0.4, 0.5) is 4.39 Å². The minimum Gasteiger partial charge on any atom is -0.380 e. The Bertz CT molecular complexity index is 493. The third-order valence-electron chi connectivity index (χ3n) is 3.75. The van der Waals surface area contributed by atoms with Gasteiger partial charge in [-0.3, -0.25) is 10.1 Å². The SMILES string of the molecule is CCOCCN1C(=O)C(C(C)C)NC1c1ccccc1F. The predicted octanol–water partition coefficient (Wildman–Crippen LogP) is 2.32. The summed E-state index contributed by atoms with van der Waals surface area (Å²) in [4.78, 5) is 14.2. The molecule has 1 aromatic carbocycles. The van der Waals surface area contributed by atoms with Crippen LogP contribution in [0, 0.1) is 11.7 Å². The van der Waals surface area contributed by atoms with Crippen LogP contribution >= 0.6 is 0 Å². The van der Waals surface area contributed by atoms with Gasteiger partial charge in [-0.1, -0.05) is 32.0 Å². The van der Waals surface area contributed by atoms with Crippen molar-refractivity contribution in [1.29, 1.82) is 0 Å². The molecule has 2 rings (SSSR count). The lowest BCUT2D eigenvalue weighted by molar-refractivity contribution is -0.131. The summed E-state index contributed by atoms with van der Waals surface area (Å²) >= 11 is 0. The Morgan fingerprint density at radius 2 is 2.10 bits per heavy atom. The van der Waals surface area contributed by atoms with Crippen molar-refractivity contribution in [3.05, 3.63) is 35.6 Å².